The van der Waals surface area contributed by atoms with Gasteiger partial charge in [0.1, 0.15) is 17.8 Å². The Morgan fingerprint density at radius 1 is 1.22 bits per heavy atom. The Morgan fingerprint density at radius 2 is 1.83 bits per heavy atom. The smallest absolute Gasteiger partial charge is 0.188 e. The van der Waals surface area contributed by atoms with Gasteiger partial charge < -0.3 is 0 Å². The first kappa shape index (κ1) is 14.5. The van der Waals surface area contributed by atoms with Crippen LogP contribution in [-0.2, 0) is 4.79 Å². The van der Waals surface area contributed by atoms with Crippen LogP contribution in [-0.4, -0.2) is 21.5 Å². The number of carbonyl (C=O) groups excluding carboxylic acids is 2. The second-order valence-electron chi connectivity index (χ2n) is 5.76. The first-order chi connectivity index (χ1) is 8.21. The molecule has 1 aromatic rings. The molecule has 0 aromatic carbocycles. The predicted octanol–water partition coefficient (Wildman–Crippen LogP) is 2.79. The molecule has 0 aliphatic carbocycles. The number of nitrogens with zero attached hydrogens (tertiary/aromatic N) is 2. The summed E-state index contributed by atoms with van der Waals surface area (Å²) in [5.41, 5.74) is 0.645. The maximum Gasteiger partial charge on any atom is 0.188 e. The van der Waals surface area contributed by atoms with E-state index in [9.17, 15) is 9.59 Å². The second kappa shape index (κ2) is 5.38. The Morgan fingerprint density at radius 3 is 2.33 bits per heavy atom. The van der Waals surface area contributed by atoms with Gasteiger partial charge in [0.2, 0.25) is 0 Å². The lowest BCUT2D eigenvalue weighted by atomic mass is 9.87. The number of hydrogen-bond donors (Lipinski definition) is 0. The minimum absolute atomic E-state index is 0.0720. The normalized spacial score (nSPS) is 11.7. The van der Waals surface area contributed by atoms with E-state index in [4.69, 9.17) is 0 Å². The van der Waals surface area contributed by atoms with Crippen LogP contribution in [0.5, 0.6) is 0 Å². The highest BCUT2D eigenvalue weighted by molar-refractivity contribution is 6.08. The van der Waals surface area contributed by atoms with Gasteiger partial charge in [-0.3, -0.25) is 9.59 Å². The van der Waals surface area contributed by atoms with Gasteiger partial charge in [-0.1, -0.05) is 34.6 Å². The molecule has 98 valence electrons. The fourth-order valence-electron chi connectivity index (χ4n) is 1.34. The molecule has 1 rings (SSSR count). The molecule has 0 aliphatic heterocycles. The van der Waals surface area contributed by atoms with Crippen molar-refractivity contribution in [3.63, 3.8) is 0 Å². The van der Waals surface area contributed by atoms with Crippen molar-refractivity contribution in [1.29, 1.82) is 0 Å². The molecule has 4 heteroatoms. The van der Waals surface area contributed by atoms with E-state index in [1.54, 1.807) is 6.07 Å². The van der Waals surface area contributed by atoms with Gasteiger partial charge in [-0.2, -0.15) is 0 Å². The fourth-order valence-corrected chi connectivity index (χ4v) is 1.34. The molecule has 0 saturated heterocycles. The minimum atomic E-state index is -0.496. The molecule has 0 aliphatic rings. The van der Waals surface area contributed by atoms with E-state index in [0.717, 1.165) is 5.69 Å². The second-order valence-corrected chi connectivity index (χ2v) is 5.76. The van der Waals surface area contributed by atoms with Gasteiger partial charge in [-0.15, -0.1) is 0 Å². The Labute approximate surface area is 108 Å². The Balaban J connectivity index is 2.85. The van der Waals surface area contributed by atoms with Crippen molar-refractivity contribution >= 4 is 11.6 Å². The fraction of sp³-hybridized carbons (Fsp3) is 0.571. The molecule has 18 heavy (non-hydrogen) atoms. The van der Waals surface area contributed by atoms with Crippen molar-refractivity contribution < 1.29 is 9.59 Å². The molecule has 0 bridgehead atoms. The molecule has 4 nitrogen and oxygen atoms in total. The van der Waals surface area contributed by atoms with Crippen molar-refractivity contribution in [3.8, 4) is 0 Å². The molecule has 0 atom stereocenters. The van der Waals surface area contributed by atoms with Crippen molar-refractivity contribution in [2.24, 2.45) is 5.41 Å². The number of ketones is 2. The summed E-state index contributed by atoms with van der Waals surface area (Å²) in [5, 5.41) is 0. The molecule has 0 unspecified atom stereocenters. The van der Waals surface area contributed by atoms with Gasteiger partial charge in [0.05, 0.1) is 6.42 Å². The monoisotopic (exact) mass is 248 g/mol. The van der Waals surface area contributed by atoms with Gasteiger partial charge in [0.15, 0.2) is 5.78 Å². The Bertz CT molecular complexity index is 459. The summed E-state index contributed by atoms with van der Waals surface area (Å²) in [6.07, 6.45) is 1.28. The lowest BCUT2D eigenvalue weighted by Crippen LogP contribution is -2.23. The third-order valence-electron chi connectivity index (χ3n) is 2.72. The van der Waals surface area contributed by atoms with Crippen LogP contribution in [0.15, 0.2) is 12.4 Å². The van der Waals surface area contributed by atoms with Gasteiger partial charge in [0, 0.05) is 11.1 Å². The molecule has 0 saturated carbocycles. The van der Waals surface area contributed by atoms with E-state index in [0.29, 0.717) is 5.69 Å². The van der Waals surface area contributed by atoms with Crippen molar-refractivity contribution in [2.45, 2.75) is 47.0 Å². The molecule has 1 aromatic heterocycles. The van der Waals surface area contributed by atoms with Gasteiger partial charge >= 0.3 is 0 Å². The van der Waals surface area contributed by atoms with E-state index >= 15 is 0 Å². The van der Waals surface area contributed by atoms with Gasteiger partial charge in [0.25, 0.3) is 0 Å². The highest BCUT2D eigenvalue weighted by Crippen LogP contribution is 2.18. The highest BCUT2D eigenvalue weighted by atomic mass is 16.1. The summed E-state index contributed by atoms with van der Waals surface area (Å²) in [7, 11) is 0. The first-order valence-corrected chi connectivity index (χ1v) is 6.10. The highest BCUT2D eigenvalue weighted by Gasteiger charge is 2.24. The van der Waals surface area contributed by atoms with Crippen molar-refractivity contribution in [1.82, 2.24) is 9.97 Å². The van der Waals surface area contributed by atoms with Crippen LogP contribution < -0.4 is 0 Å². The summed E-state index contributed by atoms with van der Waals surface area (Å²) in [5.74, 6) is -0.0747. The first-order valence-electron chi connectivity index (χ1n) is 6.10. The molecule has 0 spiro atoms. The lowest BCUT2D eigenvalue weighted by molar-refractivity contribution is -0.125. The third kappa shape index (κ3) is 3.72. The predicted molar refractivity (Wildman–Crippen MR) is 69.5 cm³/mol. The lowest BCUT2D eigenvalue weighted by Gasteiger charge is -2.15. The number of carbonyl (C=O) groups is 2. The van der Waals surface area contributed by atoms with Gasteiger partial charge in [-0.25, -0.2) is 9.97 Å². The number of hydrogen-bond acceptors (Lipinski definition) is 4. The van der Waals surface area contributed by atoms with E-state index in [1.807, 2.05) is 34.6 Å². The van der Waals surface area contributed by atoms with E-state index in [2.05, 4.69) is 9.97 Å². The average Bonchev–Trinajstić information content (AvgIpc) is 2.27. The summed E-state index contributed by atoms with van der Waals surface area (Å²) in [4.78, 5) is 31.8. The van der Waals surface area contributed by atoms with Crippen LogP contribution in [0.3, 0.4) is 0 Å². The molecule has 0 radical (unpaired) electrons. The van der Waals surface area contributed by atoms with Crippen LogP contribution in [0.1, 0.15) is 63.1 Å². The van der Waals surface area contributed by atoms with Gasteiger partial charge in [-0.05, 0) is 12.0 Å². The quantitative estimate of drug-likeness (QED) is 0.607. The topological polar surface area (TPSA) is 59.9 Å². The molecule has 1 heterocycles. The standard InChI is InChI=1S/C14H20N2O2/c1-9(2)10-6-11(16-8-15-10)12(17)7-13(18)14(3,4)5/h6,8-9H,7H2,1-5H3. The molecule has 0 amide bonds. The number of rotatable bonds is 4. The average molecular weight is 248 g/mol. The Hall–Kier alpha value is -1.58. The van der Waals surface area contributed by atoms with E-state index < -0.39 is 5.41 Å². The number of aromatic nitrogens is 2. The van der Waals surface area contributed by atoms with Crippen molar-refractivity contribution in [2.75, 3.05) is 0 Å². The summed E-state index contributed by atoms with van der Waals surface area (Å²) in [6.45, 7) is 9.42. The summed E-state index contributed by atoms with van der Waals surface area (Å²) < 4.78 is 0. The zero-order valence-corrected chi connectivity index (χ0v) is 11.7. The van der Waals surface area contributed by atoms with Crippen LogP contribution in [0, 0.1) is 5.41 Å². The van der Waals surface area contributed by atoms with Crippen LogP contribution in [0.2, 0.25) is 0 Å². The van der Waals surface area contributed by atoms with Crippen LogP contribution in [0.4, 0.5) is 0 Å². The van der Waals surface area contributed by atoms with Crippen LogP contribution in [0.25, 0.3) is 0 Å². The molecule has 0 fully saturated rings. The maximum absolute atomic E-state index is 12.0. The van der Waals surface area contributed by atoms with Crippen LogP contribution >= 0.6 is 0 Å². The number of Topliss-reactive ketones (excluding diaryl/α,β-unsaturated/α-hetero) is 2. The maximum atomic E-state index is 12.0. The van der Waals surface area contributed by atoms with Crippen molar-refractivity contribution in [3.05, 3.63) is 23.8 Å². The summed E-state index contributed by atoms with van der Waals surface area (Å²) in [6, 6.07) is 1.67. The molecule has 0 N–H and O–H groups in total. The zero-order chi connectivity index (χ0) is 13.9. The Kier molecular flexibility index (Phi) is 4.33. The van der Waals surface area contributed by atoms with E-state index in [-0.39, 0.29) is 23.9 Å². The van der Waals surface area contributed by atoms with E-state index in [1.165, 1.54) is 6.33 Å². The minimum Gasteiger partial charge on any atom is -0.299 e. The third-order valence-corrected chi connectivity index (χ3v) is 2.72. The zero-order valence-electron chi connectivity index (χ0n) is 11.7. The largest absolute Gasteiger partial charge is 0.299 e. The molecular weight excluding hydrogens is 228 g/mol. The SMILES string of the molecule is CC(C)c1cc(C(=O)CC(=O)C(C)(C)C)ncn1. The summed E-state index contributed by atoms with van der Waals surface area (Å²) >= 11 is 0. The molecular formula is C14H20N2O2.